The Kier molecular flexibility index (Phi) is 1.62. The molecular formula is C9H12O4. The lowest BCUT2D eigenvalue weighted by Gasteiger charge is -2.33. The lowest BCUT2D eigenvalue weighted by Crippen LogP contribution is -2.34. The maximum absolute atomic E-state index is 11.1. The van der Waals surface area contributed by atoms with E-state index in [0.717, 1.165) is 6.42 Å². The summed E-state index contributed by atoms with van der Waals surface area (Å²) in [5, 5.41) is 8.66. The molecule has 0 bridgehead atoms. The Hall–Kier alpha value is -1.06. The molecule has 0 saturated heterocycles. The minimum atomic E-state index is -0.735. The number of carbonyl (C=O) groups excluding carboxylic acids is 1. The van der Waals surface area contributed by atoms with Crippen LogP contribution in [0.25, 0.3) is 0 Å². The summed E-state index contributed by atoms with van der Waals surface area (Å²) < 4.78 is 4.61. The molecule has 0 heterocycles. The summed E-state index contributed by atoms with van der Waals surface area (Å²) in [6, 6.07) is 0. The Bertz CT molecular complexity index is 265. The van der Waals surface area contributed by atoms with Crippen LogP contribution in [0.5, 0.6) is 0 Å². The first-order chi connectivity index (χ1) is 6.09. The molecule has 1 atom stereocenters. The Balaban J connectivity index is 1.88. The third-order valence-corrected chi connectivity index (χ3v) is 3.33. The van der Waals surface area contributed by atoms with Crippen molar-refractivity contribution in [1.82, 2.24) is 0 Å². The van der Waals surface area contributed by atoms with Crippen LogP contribution in [0.3, 0.4) is 0 Å². The van der Waals surface area contributed by atoms with E-state index in [4.69, 9.17) is 5.11 Å². The van der Waals surface area contributed by atoms with Gasteiger partial charge in [-0.25, -0.2) is 0 Å². The molecule has 1 N–H and O–H groups in total. The predicted octanol–water partition coefficient (Wildman–Crippen LogP) is 0.660. The van der Waals surface area contributed by atoms with E-state index in [0.29, 0.717) is 12.8 Å². The zero-order valence-corrected chi connectivity index (χ0v) is 7.45. The van der Waals surface area contributed by atoms with Crippen molar-refractivity contribution in [1.29, 1.82) is 0 Å². The van der Waals surface area contributed by atoms with Gasteiger partial charge in [0.15, 0.2) is 0 Å². The first-order valence-electron chi connectivity index (χ1n) is 4.40. The van der Waals surface area contributed by atoms with Gasteiger partial charge in [-0.15, -0.1) is 0 Å². The van der Waals surface area contributed by atoms with E-state index in [1.54, 1.807) is 0 Å². The van der Waals surface area contributed by atoms with Gasteiger partial charge in [0.1, 0.15) is 0 Å². The molecule has 0 aromatic rings. The van der Waals surface area contributed by atoms with Crippen molar-refractivity contribution in [3.63, 3.8) is 0 Å². The molecule has 0 unspecified atom stereocenters. The normalized spacial score (nSPS) is 41.0. The van der Waals surface area contributed by atoms with Crippen LogP contribution in [-0.2, 0) is 14.3 Å². The summed E-state index contributed by atoms with van der Waals surface area (Å²) in [4.78, 5) is 21.6. The molecular weight excluding hydrogens is 172 g/mol. The third-order valence-electron chi connectivity index (χ3n) is 3.33. The largest absolute Gasteiger partial charge is 0.481 e. The zero-order valence-electron chi connectivity index (χ0n) is 7.45. The quantitative estimate of drug-likeness (QED) is 0.640. The molecule has 4 nitrogen and oxygen atoms in total. The first-order valence-corrected chi connectivity index (χ1v) is 4.40. The van der Waals surface area contributed by atoms with Crippen LogP contribution >= 0.6 is 0 Å². The smallest absolute Gasteiger partial charge is 0.309 e. The number of hydrogen-bond acceptors (Lipinski definition) is 3. The van der Waals surface area contributed by atoms with Crippen molar-refractivity contribution >= 4 is 11.9 Å². The number of methoxy groups -OCH3 is 1. The molecule has 4 heteroatoms. The van der Waals surface area contributed by atoms with Crippen LogP contribution in [0, 0.1) is 17.3 Å². The SMILES string of the molecule is COC(=O)[C@H]1CC12CC(C(=O)O)C2. The van der Waals surface area contributed by atoms with Gasteiger partial charge in [0.05, 0.1) is 18.9 Å². The van der Waals surface area contributed by atoms with Crippen LogP contribution < -0.4 is 0 Å². The minimum absolute atomic E-state index is 0.0101. The van der Waals surface area contributed by atoms with Gasteiger partial charge in [-0.3, -0.25) is 9.59 Å². The van der Waals surface area contributed by atoms with E-state index in [9.17, 15) is 9.59 Å². The van der Waals surface area contributed by atoms with Crippen molar-refractivity contribution in [3.05, 3.63) is 0 Å². The fourth-order valence-electron chi connectivity index (χ4n) is 2.37. The first kappa shape index (κ1) is 8.53. The monoisotopic (exact) mass is 184 g/mol. The summed E-state index contributed by atoms with van der Waals surface area (Å²) >= 11 is 0. The summed E-state index contributed by atoms with van der Waals surface area (Å²) in [6.07, 6.45) is 2.13. The zero-order chi connectivity index (χ0) is 9.64. The highest BCUT2D eigenvalue weighted by atomic mass is 16.5. The van der Waals surface area contributed by atoms with Gasteiger partial charge in [-0.1, -0.05) is 0 Å². The van der Waals surface area contributed by atoms with E-state index in [-0.39, 0.29) is 23.2 Å². The Labute approximate surface area is 75.9 Å². The molecule has 0 aliphatic heterocycles. The Morgan fingerprint density at radius 2 is 2.00 bits per heavy atom. The fourth-order valence-corrected chi connectivity index (χ4v) is 2.37. The second-order valence-electron chi connectivity index (χ2n) is 4.09. The van der Waals surface area contributed by atoms with E-state index < -0.39 is 5.97 Å². The number of hydrogen-bond donors (Lipinski definition) is 1. The van der Waals surface area contributed by atoms with Gasteiger partial charge in [-0.05, 0) is 24.7 Å². The molecule has 0 radical (unpaired) electrons. The average molecular weight is 184 g/mol. The van der Waals surface area contributed by atoms with Crippen molar-refractivity contribution in [2.75, 3.05) is 7.11 Å². The molecule has 2 saturated carbocycles. The lowest BCUT2D eigenvalue weighted by atomic mass is 9.70. The molecule has 2 fully saturated rings. The minimum Gasteiger partial charge on any atom is -0.481 e. The number of carboxylic acid groups (broad SMARTS) is 1. The van der Waals surface area contributed by atoms with Crippen molar-refractivity contribution in [3.8, 4) is 0 Å². The predicted molar refractivity (Wildman–Crippen MR) is 42.9 cm³/mol. The van der Waals surface area contributed by atoms with Crippen LogP contribution in [-0.4, -0.2) is 24.2 Å². The van der Waals surface area contributed by atoms with E-state index in [1.165, 1.54) is 7.11 Å². The standard InChI is InChI=1S/C9H12O4/c1-13-8(12)6-4-9(6)2-5(3-9)7(10)11/h5-6H,2-4H2,1H3,(H,10,11)/t5?,6-,9?/m1/s1. The van der Waals surface area contributed by atoms with Gasteiger partial charge in [0, 0.05) is 0 Å². The fraction of sp³-hybridized carbons (Fsp3) is 0.778. The van der Waals surface area contributed by atoms with Crippen LogP contribution in [0.15, 0.2) is 0 Å². The highest BCUT2D eigenvalue weighted by Crippen LogP contribution is 2.67. The molecule has 2 rings (SSSR count). The second kappa shape index (κ2) is 2.47. The van der Waals surface area contributed by atoms with E-state index in [2.05, 4.69) is 4.74 Å². The van der Waals surface area contributed by atoms with Gasteiger partial charge in [-0.2, -0.15) is 0 Å². The molecule has 2 aliphatic carbocycles. The van der Waals surface area contributed by atoms with Gasteiger partial charge in [0.2, 0.25) is 0 Å². The van der Waals surface area contributed by atoms with Gasteiger partial charge in [0.25, 0.3) is 0 Å². The number of aliphatic carboxylic acids is 1. The summed E-state index contributed by atoms with van der Waals surface area (Å²) in [7, 11) is 1.38. The maximum Gasteiger partial charge on any atom is 0.309 e. The van der Waals surface area contributed by atoms with Crippen LogP contribution in [0.2, 0.25) is 0 Å². The molecule has 2 aliphatic rings. The highest BCUT2D eigenvalue weighted by Gasteiger charge is 2.66. The van der Waals surface area contributed by atoms with Crippen molar-refractivity contribution in [2.24, 2.45) is 17.3 Å². The number of esters is 1. The molecule has 1 spiro atoms. The maximum atomic E-state index is 11.1. The topological polar surface area (TPSA) is 63.6 Å². The highest BCUT2D eigenvalue weighted by molar-refractivity contribution is 5.79. The van der Waals surface area contributed by atoms with Gasteiger partial charge >= 0.3 is 11.9 Å². The second-order valence-corrected chi connectivity index (χ2v) is 4.09. The molecule has 0 amide bonds. The van der Waals surface area contributed by atoms with Crippen LogP contribution in [0.4, 0.5) is 0 Å². The summed E-state index contributed by atoms with van der Waals surface area (Å²) in [6.45, 7) is 0. The number of carbonyl (C=O) groups is 2. The molecule has 72 valence electrons. The summed E-state index contributed by atoms with van der Waals surface area (Å²) in [5.41, 5.74) is 0.0101. The molecule has 0 aromatic carbocycles. The number of rotatable bonds is 2. The van der Waals surface area contributed by atoms with E-state index in [1.807, 2.05) is 0 Å². The lowest BCUT2D eigenvalue weighted by molar-refractivity contribution is -0.151. The van der Waals surface area contributed by atoms with Crippen LogP contribution in [0.1, 0.15) is 19.3 Å². The number of ether oxygens (including phenoxy) is 1. The molecule has 0 aromatic heterocycles. The van der Waals surface area contributed by atoms with Crippen molar-refractivity contribution in [2.45, 2.75) is 19.3 Å². The number of carboxylic acids is 1. The van der Waals surface area contributed by atoms with E-state index >= 15 is 0 Å². The third kappa shape index (κ3) is 1.12. The summed E-state index contributed by atoms with van der Waals surface area (Å²) in [5.74, 6) is -1.16. The molecule has 13 heavy (non-hydrogen) atoms. The Morgan fingerprint density at radius 1 is 1.38 bits per heavy atom. The Morgan fingerprint density at radius 3 is 2.46 bits per heavy atom. The van der Waals surface area contributed by atoms with Gasteiger partial charge < -0.3 is 9.84 Å². The van der Waals surface area contributed by atoms with Crippen molar-refractivity contribution < 1.29 is 19.4 Å². The average Bonchev–Trinajstić information content (AvgIpc) is 2.74.